The van der Waals surface area contributed by atoms with E-state index in [1.807, 2.05) is 18.2 Å². The molecule has 2 aromatic heterocycles. The van der Waals surface area contributed by atoms with E-state index in [1.54, 1.807) is 12.3 Å². The molecule has 0 aliphatic rings. The fourth-order valence-corrected chi connectivity index (χ4v) is 2.01. The molecule has 0 spiro atoms. The van der Waals surface area contributed by atoms with E-state index in [0.717, 1.165) is 36.9 Å². The number of aryl methyl sites for hydroxylation is 2. The highest BCUT2D eigenvalue weighted by atomic mass is 16.4. The van der Waals surface area contributed by atoms with Gasteiger partial charge in [0.15, 0.2) is 0 Å². The summed E-state index contributed by atoms with van der Waals surface area (Å²) in [6, 6.07) is 8.91. The number of nitrogens with zero attached hydrogens (tertiary/aromatic N) is 2. The van der Waals surface area contributed by atoms with Gasteiger partial charge in [0.25, 0.3) is 5.56 Å². The van der Waals surface area contributed by atoms with E-state index in [1.165, 1.54) is 12.3 Å². The van der Waals surface area contributed by atoms with E-state index >= 15 is 0 Å². The van der Waals surface area contributed by atoms with Gasteiger partial charge in [-0.1, -0.05) is 6.07 Å². The summed E-state index contributed by atoms with van der Waals surface area (Å²) in [5, 5.41) is 8.75. The van der Waals surface area contributed by atoms with Crippen LogP contribution in [-0.4, -0.2) is 20.8 Å². The van der Waals surface area contributed by atoms with Gasteiger partial charge in [-0.25, -0.2) is 9.36 Å². The summed E-state index contributed by atoms with van der Waals surface area (Å²) in [4.78, 5) is 26.5. The second kappa shape index (κ2) is 6.65. The van der Waals surface area contributed by atoms with Crippen LogP contribution in [0, 0.1) is 0 Å². The molecule has 0 aromatic carbocycles. The molecule has 20 heavy (non-hydrogen) atoms. The Morgan fingerprint density at radius 1 is 1.20 bits per heavy atom. The predicted octanol–water partition coefficient (Wildman–Crippen LogP) is 2.33. The lowest BCUT2D eigenvalue weighted by Gasteiger charge is -2.03. The fourth-order valence-electron chi connectivity index (χ4n) is 2.01. The van der Waals surface area contributed by atoms with Crippen LogP contribution in [0.4, 0.5) is 4.79 Å². The van der Waals surface area contributed by atoms with E-state index in [4.69, 9.17) is 5.11 Å². The Hall–Kier alpha value is -2.43. The monoisotopic (exact) mass is 272 g/mol. The average molecular weight is 272 g/mol. The van der Waals surface area contributed by atoms with E-state index in [-0.39, 0.29) is 0 Å². The maximum Gasteiger partial charge on any atom is 0.418 e. The topological polar surface area (TPSA) is 72.2 Å². The average Bonchev–Trinajstić information content (AvgIpc) is 2.44. The predicted molar refractivity (Wildman–Crippen MR) is 75.0 cm³/mol. The second-order valence-electron chi connectivity index (χ2n) is 4.55. The minimum absolute atomic E-state index is 0.500. The van der Waals surface area contributed by atoms with Crippen LogP contribution in [0.2, 0.25) is 0 Å². The molecule has 2 rings (SSSR count). The van der Waals surface area contributed by atoms with E-state index in [9.17, 15) is 9.59 Å². The second-order valence-corrected chi connectivity index (χ2v) is 4.55. The van der Waals surface area contributed by atoms with Crippen molar-refractivity contribution in [2.45, 2.75) is 25.7 Å². The molecule has 0 unspecified atom stereocenters. The van der Waals surface area contributed by atoms with Crippen molar-refractivity contribution in [2.24, 2.45) is 0 Å². The summed E-state index contributed by atoms with van der Waals surface area (Å²) in [6.45, 7) is 0. The minimum atomic E-state index is -1.25. The van der Waals surface area contributed by atoms with Crippen LogP contribution in [-0.2, 0) is 12.8 Å². The molecule has 0 saturated heterocycles. The number of aromatic nitrogens is 2. The van der Waals surface area contributed by atoms with Gasteiger partial charge in [0.1, 0.15) is 0 Å². The van der Waals surface area contributed by atoms with Crippen LogP contribution in [0.5, 0.6) is 0 Å². The Balaban J connectivity index is 1.84. The Labute approximate surface area is 116 Å². The molecule has 0 fully saturated rings. The van der Waals surface area contributed by atoms with Gasteiger partial charge in [-0.2, -0.15) is 0 Å². The summed E-state index contributed by atoms with van der Waals surface area (Å²) in [5.74, 6) is 0. The molecule has 104 valence electrons. The summed E-state index contributed by atoms with van der Waals surface area (Å²) >= 11 is 0. The molecule has 2 heterocycles. The molecule has 0 aliphatic carbocycles. The van der Waals surface area contributed by atoms with Gasteiger partial charge in [-0.15, -0.1) is 0 Å². The molecule has 5 heteroatoms. The highest BCUT2D eigenvalue weighted by Gasteiger charge is 2.04. The van der Waals surface area contributed by atoms with Crippen molar-refractivity contribution in [3.05, 3.63) is 64.3 Å². The maximum absolute atomic E-state index is 11.5. The van der Waals surface area contributed by atoms with Gasteiger partial charge in [0, 0.05) is 24.2 Å². The Morgan fingerprint density at radius 2 is 2.00 bits per heavy atom. The lowest BCUT2D eigenvalue weighted by atomic mass is 10.1. The highest BCUT2D eigenvalue weighted by molar-refractivity contribution is 5.67. The van der Waals surface area contributed by atoms with Crippen LogP contribution in [0.15, 0.2) is 47.5 Å². The zero-order valence-corrected chi connectivity index (χ0v) is 11.0. The molecular formula is C15H16N2O3. The summed E-state index contributed by atoms with van der Waals surface area (Å²) in [7, 11) is 0. The third-order valence-corrected chi connectivity index (χ3v) is 3.06. The molecular weight excluding hydrogens is 256 g/mol. The molecule has 0 saturated carbocycles. The standard InChI is InChI=1S/C15H16N2O3/c18-14-11-12(8-10-17(14)15(19)20)5-1-2-6-13-7-3-4-9-16-13/h3-4,7-11H,1-2,5-6H2,(H,19,20). The Morgan fingerprint density at radius 3 is 2.65 bits per heavy atom. The van der Waals surface area contributed by atoms with Gasteiger partial charge in [-0.05, 0) is 49.4 Å². The van der Waals surface area contributed by atoms with Crippen molar-refractivity contribution in [1.29, 1.82) is 0 Å². The smallest absolute Gasteiger partial charge is 0.418 e. The van der Waals surface area contributed by atoms with Gasteiger partial charge in [0.2, 0.25) is 0 Å². The lowest BCUT2D eigenvalue weighted by Crippen LogP contribution is -2.24. The van der Waals surface area contributed by atoms with Crippen LogP contribution in [0.25, 0.3) is 0 Å². The molecule has 0 bridgehead atoms. The molecule has 0 amide bonds. The third-order valence-electron chi connectivity index (χ3n) is 3.06. The Bertz CT molecular complexity index is 635. The Kier molecular flexibility index (Phi) is 4.65. The first-order valence-electron chi connectivity index (χ1n) is 6.51. The molecule has 1 N–H and O–H groups in total. The molecule has 0 aliphatic heterocycles. The number of pyridine rings is 2. The molecule has 0 atom stereocenters. The van der Waals surface area contributed by atoms with Crippen LogP contribution in [0.3, 0.4) is 0 Å². The zero-order valence-electron chi connectivity index (χ0n) is 11.0. The van der Waals surface area contributed by atoms with Crippen molar-refractivity contribution in [2.75, 3.05) is 0 Å². The largest absolute Gasteiger partial charge is 0.464 e. The highest BCUT2D eigenvalue weighted by Crippen LogP contribution is 2.06. The van der Waals surface area contributed by atoms with Crippen LogP contribution in [0.1, 0.15) is 24.1 Å². The van der Waals surface area contributed by atoms with Crippen molar-refractivity contribution in [1.82, 2.24) is 9.55 Å². The van der Waals surface area contributed by atoms with Gasteiger partial charge >= 0.3 is 6.09 Å². The molecule has 2 aromatic rings. The third kappa shape index (κ3) is 3.78. The number of hydrogen-bond donors (Lipinski definition) is 1. The number of carboxylic acid groups (broad SMARTS) is 1. The first-order chi connectivity index (χ1) is 9.66. The number of carbonyl (C=O) groups is 1. The number of hydrogen-bond acceptors (Lipinski definition) is 3. The first-order valence-corrected chi connectivity index (χ1v) is 6.51. The molecule has 0 radical (unpaired) electrons. The number of rotatable bonds is 5. The lowest BCUT2D eigenvalue weighted by molar-refractivity contribution is 0.195. The quantitative estimate of drug-likeness (QED) is 0.848. The van der Waals surface area contributed by atoms with E-state index in [2.05, 4.69) is 4.98 Å². The van der Waals surface area contributed by atoms with Gasteiger partial charge in [0.05, 0.1) is 0 Å². The van der Waals surface area contributed by atoms with Crippen molar-refractivity contribution in [3.8, 4) is 0 Å². The summed E-state index contributed by atoms with van der Waals surface area (Å²) in [6.07, 6.45) is 5.43. The minimum Gasteiger partial charge on any atom is -0.464 e. The van der Waals surface area contributed by atoms with Gasteiger partial charge < -0.3 is 5.11 Å². The van der Waals surface area contributed by atoms with E-state index < -0.39 is 11.7 Å². The SMILES string of the molecule is O=C(O)n1ccc(CCCCc2ccccn2)cc1=O. The molecule has 5 nitrogen and oxygen atoms in total. The zero-order chi connectivity index (χ0) is 14.4. The van der Waals surface area contributed by atoms with Crippen LogP contribution >= 0.6 is 0 Å². The van der Waals surface area contributed by atoms with Crippen molar-refractivity contribution in [3.63, 3.8) is 0 Å². The number of unbranched alkanes of at least 4 members (excludes halogenated alkanes) is 1. The van der Waals surface area contributed by atoms with E-state index in [0.29, 0.717) is 4.57 Å². The summed E-state index contributed by atoms with van der Waals surface area (Å²) in [5.41, 5.74) is 1.43. The normalized spacial score (nSPS) is 10.4. The van der Waals surface area contributed by atoms with Crippen LogP contribution < -0.4 is 5.56 Å². The summed E-state index contributed by atoms with van der Waals surface area (Å²) < 4.78 is 0.678. The van der Waals surface area contributed by atoms with Crippen molar-refractivity contribution < 1.29 is 9.90 Å². The first kappa shape index (κ1) is 14.0. The van der Waals surface area contributed by atoms with Gasteiger partial charge in [-0.3, -0.25) is 9.78 Å². The maximum atomic E-state index is 11.5. The van der Waals surface area contributed by atoms with Crippen molar-refractivity contribution >= 4 is 6.09 Å². The fraction of sp³-hybridized carbons (Fsp3) is 0.267.